The van der Waals surface area contributed by atoms with Crippen LogP contribution in [-0.4, -0.2) is 29.4 Å². The largest absolute Gasteiger partial charge is 0.481 e. The Kier molecular flexibility index (Phi) is 6.87. The molecule has 114 valence electrons. The molecule has 0 aliphatic rings. The SMILES string of the molecule is CC(=O)NC(CC(=O)NCCC(=O)O)c1ccc(Br)cc1. The Morgan fingerprint density at radius 1 is 1.24 bits per heavy atom. The zero-order chi connectivity index (χ0) is 15.8. The Morgan fingerprint density at radius 3 is 2.38 bits per heavy atom. The number of rotatable bonds is 7. The lowest BCUT2D eigenvalue weighted by atomic mass is 10.0. The fourth-order valence-corrected chi connectivity index (χ4v) is 2.02. The first-order valence-electron chi connectivity index (χ1n) is 6.39. The first kappa shape index (κ1) is 17.2. The summed E-state index contributed by atoms with van der Waals surface area (Å²) in [6, 6.07) is 6.84. The average molecular weight is 357 g/mol. The van der Waals surface area contributed by atoms with Crippen LogP contribution >= 0.6 is 15.9 Å². The van der Waals surface area contributed by atoms with Gasteiger partial charge in [-0.2, -0.15) is 0 Å². The number of benzene rings is 1. The van der Waals surface area contributed by atoms with Crippen LogP contribution in [0.3, 0.4) is 0 Å². The van der Waals surface area contributed by atoms with Crippen LogP contribution < -0.4 is 10.6 Å². The minimum atomic E-state index is -0.971. The highest BCUT2D eigenvalue weighted by atomic mass is 79.9. The zero-order valence-corrected chi connectivity index (χ0v) is 13.1. The number of carboxylic acids is 1. The Hall–Kier alpha value is -1.89. The molecular weight excluding hydrogens is 340 g/mol. The summed E-state index contributed by atoms with van der Waals surface area (Å²) in [6.07, 6.45) is -0.0738. The van der Waals surface area contributed by atoms with Crippen molar-refractivity contribution in [1.82, 2.24) is 10.6 Å². The van der Waals surface area contributed by atoms with E-state index in [0.717, 1.165) is 10.0 Å². The number of hydrogen-bond acceptors (Lipinski definition) is 3. The molecule has 0 saturated carbocycles. The second-order valence-corrected chi connectivity index (χ2v) is 5.42. The van der Waals surface area contributed by atoms with E-state index in [1.807, 2.05) is 24.3 Å². The van der Waals surface area contributed by atoms with Crippen LogP contribution in [0.15, 0.2) is 28.7 Å². The number of aliphatic carboxylic acids is 1. The van der Waals surface area contributed by atoms with E-state index in [-0.39, 0.29) is 31.2 Å². The van der Waals surface area contributed by atoms with E-state index in [1.54, 1.807) is 0 Å². The first-order chi connectivity index (χ1) is 9.88. The van der Waals surface area contributed by atoms with Crippen molar-refractivity contribution in [3.8, 4) is 0 Å². The zero-order valence-electron chi connectivity index (χ0n) is 11.6. The minimum Gasteiger partial charge on any atom is -0.481 e. The number of hydrogen-bond donors (Lipinski definition) is 3. The third-order valence-electron chi connectivity index (χ3n) is 2.70. The van der Waals surface area contributed by atoms with Gasteiger partial charge in [0.25, 0.3) is 0 Å². The molecule has 0 heterocycles. The molecule has 21 heavy (non-hydrogen) atoms. The van der Waals surface area contributed by atoms with Crippen LogP contribution in [0.25, 0.3) is 0 Å². The van der Waals surface area contributed by atoms with Crippen LogP contribution in [0, 0.1) is 0 Å². The molecule has 6 nitrogen and oxygen atoms in total. The van der Waals surface area contributed by atoms with Crippen LogP contribution in [-0.2, 0) is 14.4 Å². The normalized spacial score (nSPS) is 11.5. The molecule has 0 fully saturated rings. The molecule has 1 rings (SSSR count). The maximum absolute atomic E-state index is 11.8. The van der Waals surface area contributed by atoms with E-state index in [1.165, 1.54) is 6.92 Å². The number of halogens is 1. The standard InChI is InChI=1S/C14H17BrN2O4/c1-9(18)17-12(10-2-4-11(15)5-3-10)8-13(19)16-7-6-14(20)21/h2-5,12H,6-8H2,1H3,(H,16,19)(H,17,18)(H,20,21). The summed E-state index contributed by atoms with van der Waals surface area (Å²) in [7, 11) is 0. The molecule has 3 N–H and O–H groups in total. The molecule has 0 aliphatic heterocycles. The van der Waals surface area contributed by atoms with Gasteiger partial charge in [0.1, 0.15) is 0 Å². The fourth-order valence-electron chi connectivity index (χ4n) is 1.76. The molecule has 1 atom stereocenters. The van der Waals surface area contributed by atoms with Gasteiger partial charge in [-0.15, -0.1) is 0 Å². The van der Waals surface area contributed by atoms with Crippen LogP contribution in [0.2, 0.25) is 0 Å². The van der Waals surface area contributed by atoms with Crippen LogP contribution in [0.4, 0.5) is 0 Å². The third kappa shape index (κ3) is 6.89. The summed E-state index contributed by atoms with van der Waals surface area (Å²) in [5.74, 6) is -1.51. The molecule has 0 aliphatic carbocycles. The second-order valence-electron chi connectivity index (χ2n) is 4.50. The van der Waals surface area contributed by atoms with E-state index >= 15 is 0 Å². The van der Waals surface area contributed by atoms with Gasteiger partial charge in [-0.25, -0.2) is 0 Å². The Bertz CT molecular complexity index is 516. The Labute approximate surface area is 131 Å². The van der Waals surface area contributed by atoms with E-state index in [0.29, 0.717) is 0 Å². The summed E-state index contributed by atoms with van der Waals surface area (Å²) < 4.78 is 0.902. The molecule has 7 heteroatoms. The maximum Gasteiger partial charge on any atom is 0.305 e. The van der Waals surface area contributed by atoms with Crippen molar-refractivity contribution in [2.45, 2.75) is 25.8 Å². The highest BCUT2D eigenvalue weighted by Crippen LogP contribution is 2.19. The summed E-state index contributed by atoms with van der Waals surface area (Å²) in [6.45, 7) is 1.45. The van der Waals surface area contributed by atoms with Crippen LogP contribution in [0.5, 0.6) is 0 Å². The number of amides is 2. The van der Waals surface area contributed by atoms with Crippen molar-refractivity contribution in [3.05, 3.63) is 34.3 Å². The van der Waals surface area contributed by atoms with Crippen molar-refractivity contribution >= 4 is 33.7 Å². The molecule has 0 bridgehead atoms. The third-order valence-corrected chi connectivity index (χ3v) is 3.23. The Morgan fingerprint density at radius 2 is 1.86 bits per heavy atom. The molecule has 0 spiro atoms. The molecule has 0 aromatic heterocycles. The minimum absolute atomic E-state index is 0.0564. The maximum atomic E-state index is 11.8. The monoisotopic (exact) mass is 356 g/mol. The molecule has 1 aromatic carbocycles. The van der Waals surface area contributed by atoms with E-state index < -0.39 is 12.0 Å². The Balaban J connectivity index is 2.65. The molecule has 0 saturated heterocycles. The van der Waals surface area contributed by atoms with Crippen molar-refractivity contribution in [1.29, 1.82) is 0 Å². The highest BCUT2D eigenvalue weighted by Gasteiger charge is 2.17. The van der Waals surface area contributed by atoms with Gasteiger partial charge in [-0.3, -0.25) is 14.4 Å². The summed E-state index contributed by atoms with van der Waals surface area (Å²) in [4.78, 5) is 33.4. The summed E-state index contributed by atoms with van der Waals surface area (Å²) in [5, 5.41) is 13.8. The number of carbonyl (C=O) groups is 3. The van der Waals surface area contributed by atoms with Gasteiger partial charge in [0, 0.05) is 17.9 Å². The van der Waals surface area contributed by atoms with Crippen molar-refractivity contribution < 1.29 is 19.5 Å². The fraction of sp³-hybridized carbons (Fsp3) is 0.357. The highest BCUT2D eigenvalue weighted by molar-refractivity contribution is 9.10. The molecule has 1 unspecified atom stereocenters. The lowest BCUT2D eigenvalue weighted by Gasteiger charge is -2.18. The van der Waals surface area contributed by atoms with Gasteiger partial charge >= 0.3 is 5.97 Å². The molecule has 0 radical (unpaired) electrons. The van der Waals surface area contributed by atoms with Gasteiger partial charge < -0.3 is 15.7 Å². The van der Waals surface area contributed by atoms with E-state index in [2.05, 4.69) is 26.6 Å². The van der Waals surface area contributed by atoms with Gasteiger partial charge in [-0.05, 0) is 17.7 Å². The van der Waals surface area contributed by atoms with E-state index in [4.69, 9.17) is 5.11 Å². The lowest BCUT2D eigenvalue weighted by molar-refractivity contribution is -0.137. The van der Waals surface area contributed by atoms with Gasteiger partial charge in [0.2, 0.25) is 11.8 Å². The molecule has 2 amide bonds. The predicted molar refractivity (Wildman–Crippen MR) is 80.6 cm³/mol. The lowest BCUT2D eigenvalue weighted by Crippen LogP contribution is -2.33. The van der Waals surface area contributed by atoms with Gasteiger partial charge in [0.15, 0.2) is 0 Å². The molecular formula is C14H17BrN2O4. The average Bonchev–Trinajstić information content (AvgIpc) is 2.37. The second kappa shape index (κ2) is 8.41. The first-order valence-corrected chi connectivity index (χ1v) is 7.19. The quantitative estimate of drug-likeness (QED) is 0.691. The smallest absolute Gasteiger partial charge is 0.305 e. The molecule has 1 aromatic rings. The topological polar surface area (TPSA) is 95.5 Å². The summed E-state index contributed by atoms with van der Waals surface area (Å²) in [5.41, 5.74) is 0.807. The van der Waals surface area contributed by atoms with Gasteiger partial charge in [0.05, 0.1) is 18.9 Å². The predicted octanol–water partition coefficient (Wildman–Crippen LogP) is 1.61. The van der Waals surface area contributed by atoms with E-state index in [9.17, 15) is 14.4 Å². The van der Waals surface area contributed by atoms with Gasteiger partial charge in [-0.1, -0.05) is 28.1 Å². The van der Waals surface area contributed by atoms with Crippen molar-refractivity contribution in [3.63, 3.8) is 0 Å². The van der Waals surface area contributed by atoms with Crippen molar-refractivity contribution in [2.75, 3.05) is 6.54 Å². The van der Waals surface area contributed by atoms with Crippen LogP contribution in [0.1, 0.15) is 31.4 Å². The van der Waals surface area contributed by atoms with Crippen molar-refractivity contribution in [2.24, 2.45) is 0 Å². The summed E-state index contributed by atoms with van der Waals surface area (Å²) >= 11 is 3.32. The number of carbonyl (C=O) groups excluding carboxylic acids is 2. The number of carboxylic acid groups (broad SMARTS) is 1. The number of nitrogens with one attached hydrogen (secondary N) is 2.